The molecule has 4 unspecified atom stereocenters. The number of carboxylic acid groups (broad SMARTS) is 1. The number of carbonyl (C=O) groups is 5. The number of carboxylic acids is 1. The van der Waals surface area contributed by atoms with Gasteiger partial charge in [0.1, 0.15) is 18.1 Å². The number of imidazole rings is 1. The number of aliphatic carboxylic acids is 1. The minimum atomic E-state index is -1.31. The molecule has 0 aliphatic carbocycles. The van der Waals surface area contributed by atoms with Gasteiger partial charge in [-0.25, -0.2) is 9.78 Å². The van der Waals surface area contributed by atoms with Crippen molar-refractivity contribution in [2.75, 3.05) is 6.54 Å². The van der Waals surface area contributed by atoms with Crippen LogP contribution in [-0.2, 0) is 36.8 Å². The minimum Gasteiger partial charge on any atom is -0.480 e. The molecule has 0 fully saturated rings. The van der Waals surface area contributed by atoms with Crippen molar-refractivity contribution in [2.24, 2.45) is 27.9 Å². The fraction of sp³-hybridized carbons (Fsp3) is 0.370. The van der Waals surface area contributed by atoms with Crippen LogP contribution in [0.25, 0.3) is 10.9 Å². The van der Waals surface area contributed by atoms with Crippen LogP contribution in [-0.4, -0.2) is 86.3 Å². The van der Waals surface area contributed by atoms with E-state index >= 15 is 0 Å². The molecule has 4 amide bonds. The van der Waals surface area contributed by atoms with Crippen LogP contribution in [0.5, 0.6) is 0 Å². The molecular formula is C27H37N11O6. The molecule has 0 aliphatic rings. The standard InChI is InChI=1S/C27H37N11O6/c28-17(10-22(29)39)23(40)37-20(8-14-11-34-18-5-2-1-4-16(14)18)24(41)38-21(9-15-12-32-13-35-15)25(42)36-19(26(43)44)6-3-7-33-27(30)31/h1-2,4-5,11-13,17,19-21,34H,3,6-10,28H2,(H2,29,39)(H,32,35)(H,36,42)(H,37,40)(H,38,41)(H,43,44)(H4,30,31,33). The minimum absolute atomic E-state index is 0.00812. The maximum Gasteiger partial charge on any atom is 0.326 e. The zero-order valence-corrected chi connectivity index (χ0v) is 23.8. The van der Waals surface area contributed by atoms with Crippen LogP contribution < -0.4 is 38.9 Å². The Kier molecular flexibility index (Phi) is 11.8. The summed E-state index contributed by atoms with van der Waals surface area (Å²) in [5.74, 6) is -4.58. The van der Waals surface area contributed by atoms with Gasteiger partial charge in [-0.2, -0.15) is 0 Å². The topological polar surface area (TPSA) is 303 Å². The molecule has 2 heterocycles. The first-order chi connectivity index (χ1) is 20.9. The number of hydrogen-bond acceptors (Lipinski definition) is 8. The second-order valence-electron chi connectivity index (χ2n) is 10.1. The molecule has 236 valence electrons. The highest BCUT2D eigenvalue weighted by atomic mass is 16.4. The van der Waals surface area contributed by atoms with Gasteiger partial charge in [-0.15, -0.1) is 0 Å². The van der Waals surface area contributed by atoms with Crippen LogP contribution >= 0.6 is 0 Å². The summed E-state index contributed by atoms with van der Waals surface area (Å²) in [6.45, 7) is 0.156. The zero-order chi connectivity index (χ0) is 32.2. The fourth-order valence-electron chi connectivity index (χ4n) is 4.45. The largest absolute Gasteiger partial charge is 0.480 e. The van der Waals surface area contributed by atoms with Crippen LogP contribution in [0.15, 0.2) is 48.0 Å². The first-order valence-corrected chi connectivity index (χ1v) is 13.7. The molecule has 17 heteroatoms. The number of primary amides is 1. The van der Waals surface area contributed by atoms with Crippen molar-refractivity contribution in [3.05, 3.63) is 54.2 Å². The number of guanidine groups is 1. The van der Waals surface area contributed by atoms with Crippen LogP contribution in [0.4, 0.5) is 0 Å². The number of para-hydroxylation sites is 1. The lowest BCUT2D eigenvalue weighted by molar-refractivity contribution is -0.142. The van der Waals surface area contributed by atoms with E-state index in [1.807, 2.05) is 24.3 Å². The predicted octanol–water partition coefficient (Wildman–Crippen LogP) is -2.53. The number of fused-ring (bicyclic) bond motifs is 1. The Morgan fingerprint density at radius 3 is 2.20 bits per heavy atom. The van der Waals surface area contributed by atoms with Gasteiger partial charge in [0.15, 0.2) is 5.96 Å². The van der Waals surface area contributed by atoms with E-state index in [4.69, 9.17) is 22.9 Å². The van der Waals surface area contributed by atoms with Gasteiger partial charge in [0.25, 0.3) is 0 Å². The Labute approximate surface area is 251 Å². The normalized spacial score (nSPS) is 13.7. The Bertz CT molecular complexity index is 1480. The van der Waals surface area contributed by atoms with E-state index < -0.39 is 60.2 Å². The highest BCUT2D eigenvalue weighted by Gasteiger charge is 2.31. The first kappa shape index (κ1) is 33.1. The number of H-pyrrole nitrogens is 2. The van der Waals surface area contributed by atoms with E-state index in [9.17, 15) is 29.1 Å². The monoisotopic (exact) mass is 611 g/mol. The average Bonchev–Trinajstić information content (AvgIpc) is 3.63. The van der Waals surface area contributed by atoms with E-state index in [2.05, 4.69) is 35.9 Å². The summed E-state index contributed by atoms with van der Waals surface area (Å²) < 4.78 is 0. The molecule has 0 saturated heterocycles. The number of nitrogens with zero attached hydrogens (tertiary/aromatic N) is 2. The predicted molar refractivity (Wildman–Crippen MR) is 159 cm³/mol. The quantitative estimate of drug-likeness (QED) is 0.0433. The van der Waals surface area contributed by atoms with Crippen LogP contribution in [0.1, 0.15) is 30.5 Å². The highest BCUT2D eigenvalue weighted by Crippen LogP contribution is 2.19. The molecule has 1 aromatic carbocycles. The summed E-state index contributed by atoms with van der Waals surface area (Å²) in [6.07, 6.45) is 4.27. The van der Waals surface area contributed by atoms with Crippen molar-refractivity contribution in [1.29, 1.82) is 0 Å². The molecule has 0 bridgehead atoms. The van der Waals surface area contributed by atoms with Crippen molar-refractivity contribution in [1.82, 2.24) is 30.9 Å². The number of carbonyl (C=O) groups excluding carboxylic acids is 4. The van der Waals surface area contributed by atoms with Crippen molar-refractivity contribution in [2.45, 2.75) is 56.3 Å². The summed E-state index contributed by atoms with van der Waals surface area (Å²) in [4.78, 5) is 76.8. The molecule has 0 saturated carbocycles. The maximum absolute atomic E-state index is 13.7. The van der Waals surface area contributed by atoms with Crippen molar-refractivity contribution in [3.8, 4) is 0 Å². The summed E-state index contributed by atoms with van der Waals surface area (Å²) in [5.41, 5.74) is 23.6. The molecule has 2 aromatic heterocycles. The summed E-state index contributed by atoms with van der Waals surface area (Å²) in [6, 6.07) is 2.20. The van der Waals surface area contributed by atoms with Gasteiger partial charge in [-0.05, 0) is 24.5 Å². The van der Waals surface area contributed by atoms with Gasteiger partial charge in [0, 0.05) is 48.4 Å². The SMILES string of the molecule is NC(=O)CC(N)C(=O)NC(Cc1c[nH]c2ccccc12)C(=O)NC(Cc1cnc[nH]1)C(=O)NC(CCCN=C(N)N)C(=O)O. The molecule has 0 aliphatic heterocycles. The summed E-state index contributed by atoms with van der Waals surface area (Å²) in [5, 5.41) is 18.1. The van der Waals surface area contributed by atoms with Crippen LogP contribution in [0.3, 0.4) is 0 Å². The number of aromatic amines is 2. The average molecular weight is 612 g/mol. The van der Waals surface area contributed by atoms with Gasteiger partial charge < -0.3 is 54.0 Å². The molecule has 0 radical (unpaired) electrons. The number of rotatable bonds is 17. The third-order valence-corrected chi connectivity index (χ3v) is 6.66. The van der Waals surface area contributed by atoms with E-state index in [0.717, 1.165) is 10.9 Å². The van der Waals surface area contributed by atoms with Gasteiger partial charge in [0.05, 0.1) is 18.8 Å². The number of nitrogens with one attached hydrogen (secondary N) is 5. The molecule has 3 rings (SSSR count). The molecule has 3 aromatic rings. The third-order valence-electron chi connectivity index (χ3n) is 6.66. The number of amides is 4. The Morgan fingerprint density at radius 2 is 1.57 bits per heavy atom. The number of nitrogens with two attached hydrogens (primary N) is 4. The molecule has 44 heavy (non-hydrogen) atoms. The second kappa shape index (κ2) is 15.7. The van der Waals surface area contributed by atoms with E-state index in [1.165, 1.54) is 12.5 Å². The lowest BCUT2D eigenvalue weighted by Gasteiger charge is -2.25. The number of hydrogen-bond donors (Lipinski definition) is 10. The Morgan fingerprint density at radius 1 is 0.909 bits per heavy atom. The Hall–Kier alpha value is -5.45. The summed E-state index contributed by atoms with van der Waals surface area (Å²) >= 11 is 0. The molecule has 0 spiro atoms. The number of aromatic nitrogens is 3. The molecule has 17 nitrogen and oxygen atoms in total. The van der Waals surface area contributed by atoms with Gasteiger partial charge in [-0.1, -0.05) is 18.2 Å². The van der Waals surface area contributed by atoms with E-state index in [0.29, 0.717) is 11.3 Å². The first-order valence-electron chi connectivity index (χ1n) is 13.7. The summed E-state index contributed by atoms with van der Waals surface area (Å²) in [7, 11) is 0. The Balaban J connectivity index is 1.83. The second-order valence-corrected chi connectivity index (χ2v) is 10.1. The van der Waals surface area contributed by atoms with E-state index in [1.54, 1.807) is 6.20 Å². The zero-order valence-electron chi connectivity index (χ0n) is 23.8. The lowest BCUT2D eigenvalue weighted by atomic mass is 10.0. The van der Waals surface area contributed by atoms with Crippen molar-refractivity contribution >= 4 is 46.5 Å². The number of aliphatic imine (C=N–C) groups is 1. The smallest absolute Gasteiger partial charge is 0.326 e. The lowest BCUT2D eigenvalue weighted by Crippen LogP contribution is -2.58. The molecular weight excluding hydrogens is 574 g/mol. The molecule has 14 N–H and O–H groups in total. The van der Waals surface area contributed by atoms with Gasteiger partial charge in [-0.3, -0.25) is 24.2 Å². The molecule has 4 atom stereocenters. The van der Waals surface area contributed by atoms with Crippen molar-refractivity contribution in [3.63, 3.8) is 0 Å². The van der Waals surface area contributed by atoms with Crippen LogP contribution in [0, 0.1) is 0 Å². The fourth-order valence-corrected chi connectivity index (χ4v) is 4.45. The van der Waals surface area contributed by atoms with Gasteiger partial charge in [0.2, 0.25) is 23.6 Å². The van der Waals surface area contributed by atoms with Gasteiger partial charge >= 0.3 is 5.97 Å². The van der Waals surface area contributed by atoms with E-state index in [-0.39, 0.29) is 38.2 Å². The van der Waals surface area contributed by atoms with Crippen LogP contribution in [0.2, 0.25) is 0 Å². The maximum atomic E-state index is 13.7. The van der Waals surface area contributed by atoms with Crippen molar-refractivity contribution < 1.29 is 29.1 Å². The number of benzene rings is 1. The highest BCUT2D eigenvalue weighted by molar-refractivity contribution is 5.95. The third kappa shape index (κ3) is 9.83.